The number of aryl methyl sites for hydroxylation is 1. The van der Waals surface area contributed by atoms with Crippen LogP contribution < -0.4 is 15.8 Å². The zero-order chi connectivity index (χ0) is 19.8. The molecule has 0 spiro atoms. The average Bonchev–Trinajstić information content (AvgIpc) is 3.15. The molecule has 2 aromatic carbocycles. The number of nitrogens with zero attached hydrogens (tertiary/aromatic N) is 4. The maximum absolute atomic E-state index is 6.29. The highest BCUT2D eigenvalue weighted by molar-refractivity contribution is 7.22. The highest BCUT2D eigenvalue weighted by atomic mass is 32.1. The van der Waals surface area contributed by atoms with E-state index in [9.17, 15) is 0 Å². The van der Waals surface area contributed by atoms with E-state index in [1.807, 2.05) is 55.5 Å². The van der Waals surface area contributed by atoms with Gasteiger partial charge in [-0.1, -0.05) is 41.7 Å². The van der Waals surface area contributed by atoms with E-state index in [0.717, 1.165) is 26.7 Å². The first-order chi connectivity index (χ1) is 14.2. The first-order valence-corrected chi connectivity index (χ1v) is 9.76. The summed E-state index contributed by atoms with van der Waals surface area (Å²) in [6, 6.07) is 15.7. The lowest BCUT2D eigenvalue weighted by Gasteiger charge is -2.11. The Bertz CT molecular complexity index is 1340. The molecule has 0 bridgehead atoms. The molecule has 5 rings (SSSR count). The largest absolute Gasteiger partial charge is 0.435 e. The second-order valence-electron chi connectivity index (χ2n) is 6.44. The van der Waals surface area contributed by atoms with E-state index in [1.165, 1.54) is 17.7 Å². The summed E-state index contributed by atoms with van der Waals surface area (Å²) in [5.74, 6) is 1.29. The SMILES string of the molecule is Cc1cccc2sc(Nc3ncnc(Oc4cccc5cccnc45)c3N)nc12. The molecule has 0 atom stereocenters. The van der Waals surface area contributed by atoms with Gasteiger partial charge in [0.2, 0.25) is 5.88 Å². The van der Waals surface area contributed by atoms with E-state index in [0.29, 0.717) is 22.4 Å². The molecule has 3 aromatic heterocycles. The number of nitrogens with one attached hydrogen (secondary N) is 1. The predicted molar refractivity (Wildman–Crippen MR) is 116 cm³/mol. The molecule has 7 nitrogen and oxygen atoms in total. The van der Waals surface area contributed by atoms with Crippen molar-refractivity contribution in [3.8, 4) is 11.6 Å². The Morgan fingerprint density at radius 3 is 2.72 bits per heavy atom. The van der Waals surface area contributed by atoms with E-state index < -0.39 is 0 Å². The summed E-state index contributed by atoms with van der Waals surface area (Å²) in [7, 11) is 0. The number of aromatic nitrogens is 4. The predicted octanol–water partition coefficient (Wildman–Crippen LogP) is 5.06. The van der Waals surface area contributed by atoms with Crippen molar-refractivity contribution in [2.45, 2.75) is 6.92 Å². The van der Waals surface area contributed by atoms with Crippen LogP contribution in [-0.2, 0) is 0 Å². The van der Waals surface area contributed by atoms with Crippen LogP contribution >= 0.6 is 11.3 Å². The van der Waals surface area contributed by atoms with Crippen molar-refractivity contribution in [2.75, 3.05) is 11.1 Å². The Hall–Kier alpha value is -3.78. The van der Waals surface area contributed by atoms with Gasteiger partial charge in [0.25, 0.3) is 0 Å². The van der Waals surface area contributed by atoms with Crippen LogP contribution in [0.4, 0.5) is 16.6 Å². The third-order valence-corrected chi connectivity index (χ3v) is 5.43. The topological polar surface area (TPSA) is 98.8 Å². The van der Waals surface area contributed by atoms with E-state index in [1.54, 1.807) is 6.20 Å². The van der Waals surface area contributed by atoms with Crippen LogP contribution in [0.25, 0.3) is 21.1 Å². The van der Waals surface area contributed by atoms with Crippen LogP contribution in [0.3, 0.4) is 0 Å². The fourth-order valence-electron chi connectivity index (χ4n) is 3.06. The van der Waals surface area contributed by atoms with Crippen LogP contribution in [0, 0.1) is 6.92 Å². The Labute approximate surface area is 170 Å². The smallest absolute Gasteiger partial charge is 0.248 e. The molecule has 0 unspecified atom stereocenters. The van der Waals surface area contributed by atoms with Gasteiger partial charge in [-0.2, -0.15) is 4.98 Å². The number of anilines is 3. The fourth-order valence-corrected chi connectivity index (χ4v) is 4.01. The third-order valence-electron chi connectivity index (χ3n) is 4.50. The minimum absolute atomic E-state index is 0.262. The summed E-state index contributed by atoms with van der Waals surface area (Å²) < 4.78 is 7.08. The van der Waals surface area contributed by atoms with Crippen molar-refractivity contribution in [1.29, 1.82) is 0 Å². The van der Waals surface area contributed by atoms with E-state index in [-0.39, 0.29) is 5.88 Å². The highest BCUT2D eigenvalue weighted by Gasteiger charge is 2.14. The zero-order valence-electron chi connectivity index (χ0n) is 15.5. The maximum Gasteiger partial charge on any atom is 0.248 e. The molecule has 0 aliphatic carbocycles. The van der Waals surface area contributed by atoms with Gasteiger partial charge in [-0.15, -0.1) is 0 Å². The molecule has 5 aromatic rings. The Morgan fingerprint density at radius 1 is 0.966 bits per heavy atom. The lowest BCUT2D eigenvalue weighted by molar-refractivity contribution is 0.469. The number of thiazole rings is 1. The van der Waals surface area contributed by atoms with Crippen LogP contribution in [0.2, 0.25) is 0 Å². The summed E-state index contributed by atoms with van der Waals surface area (Å²) in [6.07, 6.45) is 3.13. The third kappa shape index (κ3) is 3.19. The second kappa shape index (κ2) is 6.99. The molecule has 0 amide bonds. The number of nitrogens with two attached hydrogens (primary N) is 1. The van der Waals surface area contributed by atoms with Crippen molar-refractivity contribution >= 4 is 49.1 Å². The van der Waals surface area contributed by atoms with E-state index >= 15 is 0 Å². The quantitative estimate of drug-likeness (QED) is 0.435. The minimum Gasteiger partial charge on any atom is -0.435 e. The fraction of sp³-hybridized carbons (Fsp3) is 0.0476. The van der Waals surface area contributed by atoms with Gasteiger partial charge in [-0.3, -0.25) is 4.98 Å². The number of hydrogen-bond donors (Lipinski definition) is 2. The van der Waals surface area contributed by atoms with Crippen LogP contribution in [0.5, 0.6) is 11.6 Å². The molecule has 0 radical (unpaired) electrons. The lowest BCUT2D eigenvalue weighted by Crippen LogP contribution is -2.03. The number of nitrogen functional groups attached to an aromatic ring is 1. The summed E-state index contributed by atoms with van der Waals surface area (Å²) in [6.45, 7) is 2.04. The normalized spacial score (nSPS) is 11.1. The Kier molecular flexibility index (Phi) is 4.18. The van der Waals surface area contributed by atoms with Crippen molar-refractivity contribution in [2.24, 2.45) is 0 Å². The molecule has 3 N–H and O–H groups in total. The Balaban J connectivity index is 1.48. The second-order valence-corrected chi connectivity index (χ2v) is 7.47. The van der Waals surface area contributed by atoms with Gasteiger partial charge in [0.05, 0.1) is 10.2 Å². The number of benzene rings is 2. The number of fused-ring (bicyclic) bond motifs is 2. The van der Waals surface area contributed by atoms with Gasteiger partial charge in [-0.05, 0) is 30.7 Å². The molecule has 142 valence electrons. The Morgan fingerprint density at radius 2 is 1.83 bits per heavy atom. The lowest BCUT2D eigenvalue weighted by atomic mass is 10.2. The van der Waals surface area contributed by atoms with E-state index in [2.05, 4.69) is 25.3 Å². The van der Waals surface area contributed by atoms with Crippen molar-refractivity contribution in [3.63, 3.8) is 0 Å². The van der Waals surface area contributed by atoms with Crippen LogP contribution in [-0.4, -0.2) is 19.9 Å². The number of rotatable bonds is 4. The van der Waals surface area contributed by atoms with Crippen molar-refractivity contribution in [1.82, 2.24) is 19.9 Å². The summed E-state index contributed by atoms with van der Waals surface area (Å²) in [5.41, 5.74) is 9.42. The highest BCUT2D eigenvalue weighted by Crippen LogP contribution is 2.35. The molecule has 0 aliphatic rings. The molecule has 29 heavy (non-hydrogen) atoms. The summed E-state index contributed by atoms with van der Waals surface area (Å²) >= 11 is 1.54. The number of ether oxygens (including phenoxy) is 1. The molecule has 0 saturated carbocycles. The first-order valence-electron chi connectivity index (χ1n) is 8.94. The van der Waals surface area contributed by atoms with Crippen LogP contribution in [0.1, 0.15) is 5.56 Å². The number of hydrogen-bond acceptors (Lipinski definition) is 8. The summed E-state index contributed by atoms with van der Waals surface area (Å²) in [5, 5.41) is 4.87. The molecular weight excluding hydrogens is 384 g/mol. The minimum atomic E-state index is 0.262. The molecular formula is C21H16N6OS. The number of para-hydroxylation sites is 2. The molecule has 8 heteroatoms. The summed E-state index contributed by atoms with van der Waals surface area (Å²) in [4.78, 5) is 17.5. The monoisotopic (exact) mass is 400 g/mol. The maximum atomic E-state index is 6.29. The molecule has 3 heterocycles. The first kappa shape index (κ1) is 17.3. The van der Waals surface area contributed by atoms with Gasteiger partial charge >= 0.3 is 0 Å². The molecule has 0 aliphatic heterocycles. The van der Waals surface area contributed by atoms with Crippen LogP contribution in [0.15, 0.2) is 61.1 Å². The standard InChI is InChI=1S/C21H16N6OS/c1-12-5-2-9-15-17(12)26-21(29-15)27-19-16(22)20(25-11-24-19)28-14-8-3-6-13-7-4-10-23-18(13)14/h2-11H,22H2,1H3,(H,24,25,26,27). The van der Waals surface area contributed by atoms with E-state index in [4.69, 9.17) is 10.5 Å². The molecule has 0 saturated heterocycles. The van der Waals surface area contributed by atoms with Gasteiger partial charge < -0.3 is 15.8 Å². The number of pyridine rings is 1. The van der Waals surface area contributed by atoms with Gasteiger partial charge in [-0.25, -0.2) is 9.97 Å². The van der Waals surface area contributed by atoms with Crippen molar-refractivity contribution < 1.29 is 4.74 Å². The van der Waals surface area contributed by atoms with Gasteiger partial charge in [0.15, 0.2) is 16.7 Å². The average molecular weight is 400 g/mol. The van der Waals surface area contributed by atoms with Gasteiger partial charge in [0, 0.05) is 11.6 Å². The zero-order valence-corrected chi connectivity index (χ0v) is 16.3. The van der Waals surface area contributed by atoms with Gasteiger partial charge in [0.1, 0.15) is 17.5 Å². The molecule has 0 fully saturated rings. The van der Waals surface area contributed by atoms with Crippen molar-refractivity contribution in [3.05, 3.63) is 66.6 Å².